The van der Waals surface area contributed by atoms with Gasteiger partial charge in [-0.2, -0.15) is 0 Å². The largest absolute Gasteiger partial charge is 0.324 e. The number of nitrogens with one attached hydrogen (secondary N) is 2. The van der Waals surface area contributed by atoms with Gasteiger partial charge in [0.1, 0.15) is 6.04 Å². The maximum atomic E-state index is 12.3. The zero-order chi connectivity index (χ0) is 18.7. The SMILES string of the molecule is Cc1ccc(C(N)C(=O)Nc2ccc(CC3CC(=O)NC3=O)cc2)cc1.Cl. The van der Waals surface area contributed by atoms with E-state index in [9.17, 15) is 14.4 Å². The van der Waals surface area contributed by atoms with Crippen molar-refractivity contribution in [3.05, 3.63) is 65.2 Å². The summed E-state index contributed by atoms with van der Waals surface area (Å²) < 4.78 is 0. The fraction of sp³-hybridized carbons (Fsp3) is 0.250. The first-order valence-corrected chi connectivity index (χ1v) is 8.48. The molecule has 6 nitrogen and oxygen atoms in total. The first-order valence-electron chi connectivity index (χ1n) is 8.48. The third kappa shape index (κ3) is 5.15. The number of benzene rings is 2. The molecular formula is C20H22ClN3O3. The Balaban J connectivity index is 0.00000261. The zero-order valence-electron chi connectivity index (χ0n) is 14.9. The van der Waals surface area contributed by atoms with Gasteiger partial charge in [-0.15, -0.1) is 12.4 Å². The number of anilines is 1. The van der Waals surface area contributed by atoms with Gasteiger partial charge in [0, 0.05) is 12.1 Å². The molecule has 0 radical (unpaired) electrons. The van der Waals surface area contributed by atoms with Crippen molar-refractivity contribution in [1.82, 2.24) is 5.32 Å². The first kappa shape index (κ1) is 20.6. The topological polar surface area (TPSA) is 101 Å². The average Bonchev–Trinajstić information content (AvgIpc) is 2.94. The van der Waals surface area contributed by atoms with Gasteiger partial charge in [-0.3, -0.25) is 19.7 Å². The van der Waals surface area contributed by atoms with E-state index in [-0.39, 0.29) is 42.5 Å². The predicted octanol–water partition coefficient (Wildman–Crippen LogP) is 2.26. The molecular weight excluding hydrogens is 366 g/mol. The third-order valence-corrected chi connectivity index (χ3v) is 4.49. The van der Waals surface area contributed by atoms with Crippen LogP contribution in [0.3, 0.4) is 0 Å². The third-order valence-electron chi connectivity index (χ3n) is 4.49. The van der Waals surface area contributed by atoms with Crippen molar-refractivity contribution >= 4 is 35.8 Å². The second-order valence-electron chi connectivity index (χ2n) is 6.59. The highest BCUT2D eigenvalue weighted by Gasteiger charge is 2.30. The molecule has 2 atom stereocenters. The molecule has 7 heteroatoms. The van der Waals surface area contributed by atoms with E-state index in [1.807, 2.05) is 43.3 Å². The van der Waals surface area contributed by atoms with Crippen LogP contribution >= 0.6 is 12.4 Å². The lowest BCUT2D eigenvalue weighted by molar-refractivity contribution is -0.125. The fourth-order valence-corrected chi connectivity index (χ4v) is 2.93. The van der Waals surface area contributed by atoms with Crippen molar-refractivity contribution in [2.45, 2.75) is 25.8 Å². The molecule has 1 aliphatic rings. The number of carbonyl (C=O) groups excluding carboxylic acids is 3. The predicted molar refractivity (Wildman–Crippen MR) is 105 cm³/mol. The lowest BCUT2D eigenvalue weighted by atomic mass is 9.98. The van der Waals surface area contributed by atoms with E-state index in [1.54, 1.807) is 12.1 Å². The summed E-state index contributed by atoms with van der Waals surface area (Å²) in [5, 5.41) is 5.10. The van der Waals surface area contributed by atoms with E-state index < -0.39 is 6.04 Å². The van der Waals surface area contributed by atoms with E-state index in [4.69, 9.17) is 5.73 Å². The molecule has 0 spiro atoms. The lowest BCUT2D eigenvalue weighted by Crippen LogP contribution is -2.27. The van der Waals surface area contributed by atoms with Crippen molar-refractivity contribution in [2.24, 2.45) is 11.7 Å². The molecule has 142 valence electrons. The summed E-state index contributed by atoms with van der Waals surface area (Å²) in [4.78, 5) is 35.2. The fourth-order valence-electron chi connectivity index (χ4n) is 2.93. The van der Waals surface area contributed by atoms with Crippen LogP contribution in [0.25, 0.3) is 0 Å². The van der Waals surface area contributed by atoms with Gasteiger partial charge in [-0.05, 0) is 36.6 Å². The van der Waals surface area contributed by atoms with Crippen LogP contribution in [0.4, 0.5) is 5.69 Å². The normalized spacial score (nSPS) is 17.0. The number of amides is 3. The summed E-state index contributed by atoms with van der Waals surface area (Å²) in [5.41, 5.74) is 9.44. The molecule has 2 unspecified atom stereocenters. The van der Waals surface area contributed by atoms with Crippen molar-refractivity contribution in [3.63, 3.8) is 0 Å². The van der Waals surface area contributed by atoms with Gasteiger partial charge in [-0.1, -0.05) is 42.0 Å². The number of hydrogen-bond acceptors (Lipinski definition) is 4. The number of halogens is 1. The van der Waals surface area contributed by atoms with E-state index >= 15 is 0 Å². The number of rotatable bonds is 5. The molecule has 2 aromatic rings. The Labute approximate surface area is 163 Å². The van der Waals surface area contributed by atoms with Crippen molar-refractivity contribution in [2.75, 3.05) is 5.32 Å². The molecule has 1 heterocycles. The Morgan fingerprint density at radius 1 is 1.15 bits per heavy atom. The van der Waals surface area contributed by atoms with Gasteiger partial charge in [0.2, 0.25) is 17.7 Å². The van der Waals surface area contributed by atoms with Crippen LogP contribution < -0.4 is 16.4 Å². The number of imide groups is 1. The molecule has 3 rings (SSSR count). The molecule has 0 bridgehead atoms. The molecule has 0 aromatic heterocycles. The maximum absolute atomic E-state index is 12.3. The number of hydrogen-bond donors (Lipinski definition) is 3. The Bertz CT molecular complexity index is 835. The molecule has 4 N–H and O–H groups in total. The van der Waals surface area contributed by atoms with E-state index in [1.165, 1.54) is 0 Å². The standard InChI is InChI=1S/C20H21N3O3.ClH/c1-12-2-6-14(7-3-12)18(21)20(26)22-16-8-4-13(5-9-16)10-15-11-17(24)23-19(15)25;/h2-9,15,18H,10-11,21H2,1H3,(H,22,26)(H,23,24,25);1H. The van der Waals surface area contributed by atoms with Gasteiger partial charge in [-0.25, -0.2) is 0 Å². The van der Waals surface area contributed by atoms with Gasteiger partial charge >= 0.3 is 0 Å². The molecule has 0 aliphatic carbocycles. The van der Waals surface area contributed by atoms with Crippen LogP contribution in [-0.2, 0) is 20.8 Å². The minimum atomic E-state index is -0.747. The second kappa shape index (κ2) is 8.79. The highest BCUT2D eigenvalue weighted by atomic mass is 35.5. The minimum Gasteiger partial charge on any atom is -0.324 e. The van der Waals surface area contributed by atoms with E-state index in [2.05, 4.69) is 10.6 Å². The van der Waals surface area contributed by atoms with Crippen LogP contribution in [0.2, 0.25) is 0 Å². The summed E-state index contributed by atoms with van der Waals surface area (Å²) >= 11 is 0. The van der Waals surface area contributed by atoms with Gasteiger partial charge in [0.15, 0.2) is 0 Å². The Morgan fingerprint density at radius 2 is 1.78 bits per heavy atom. The summed E-state index contributed by atoms with van der Waals surface area (Å²) in [6, 6.07) is 14.0. The monoisotopic (exact) mass is 387 g/mol. The van der Waals surface area contributed by atoms with Crippen LogP contribution in [0.1, 0.15) is 29.2 Å². The molecule has 27 heavy (non-hydrogen) atoms. The Kier molecular flexibility index (Phi) is 6.71. The van der Waals surface area contributed by atoms with Crippen LogP contribution in [0.15, 0.2) is 48.5 Å². The summed E-state index contributed by atoms with van der Waals surface area (Å²) in [5.74, 6) is -1.06. The Morgan fingerprint density at radius 3 is 2.33 bits per heavy atom. The van der Waals surface area contributed by atoms with Gasteiger partial charge < -0.3 is 11.1 Å². The quantitative estimate of drug-likeness (QED) is 0.685. The number of carbonyl (C=O) groups is 3. The van der Waals surface area contributed by atoms with Gasteiger partial charge in [0.05, 0.1) is 5.92 Å². The highest BCUT2D eigenvalue weighted by Crippen LogP contribution is 2.20. The van der Waals surface area contributed by atoms with Gasteiger partial charge in [0.25, 0.3) is 0 Å². The van der Waals surface area contributed by atoms with Crippen molar-refractivity contribution in [1.29, 1.82) is 0 Å². The Hall–Kier alpha value is -2.70. The minimum absolute atomic E-state index is 0. The van der Waals surface area contributed by atoms with E-state index in [0.29, 0.717) is 12.1 Å². The van der Waals surface area contributed by atoms with E-state index in [0.717, 1.165) is 16.7 Å². The number of aryl methyl sites for hydroxylation is 1. The smallest absolute Gasteiger partial charge is 0.245 e. The summed E-state index contributed by atoms with van der Waals surface area (Å²) in [6.07, 6.45) is 0.720. The zero-order valence-corrected chi connectivity index (χ0v) is 15.7. The van der Waals surface area contributed by atoms with Crippen LogP contribution in [0, 0.1) is 12.8 Å². The average molecular weight is 388 g/mol. The maximum Gasteiger partial charge on any atom is 0.245 e. The first-order chi connectivity index (χ1) is 12.4. The van der Waals surface area contributed by atoms with Crippen molar-refractivity contribution < 1.29 is 14.4 Å². The second-order valence-corrected chi connectivity index (χ2v) is 6.59. The lowest BCUT2D eigenvalue weighted by Gasteiger charge is -2.13. The number of nitrogens with two attached hydrogens (primary N) is 1. The van der Waals surface area contributed by atoms with Crippen LogP contribution in [0.5, 0.6) is 0 Å². The summed E-state index contributed by atoms with van der Waals surface area (Å²) in [7, 11) is 0. The molecule has 1 fully saturated rings. The highest BCUT2D eigenvalue weighted by molar-refractivity contribution is 6.03. The summed E-state index contributed by atoms with van der Waals surface area (Å²) in [6.45, 7) is 1.97. The van der Waals surface area contributed by atoms with Crippen LogP contribution in [-0.4, -0.2) is 17.7 Å². The molecule has 1 saturated heterocycles. The molecule has 0 saturated carbocycles. The van der Waals surface area contributed by atoms with Crippen molar-refractivity contribution in [3.8, 4) is 0 Å². The molecule has 1 aliphatic heterocycles. The molecule has 3 amide bonds. The molecule has 2 aromatic carbocycles.